The summed E-state index contributed by atoms with van der Waals surface area (Å²) in [5, 5.41) is 6.23. The summed E-state index contributed by atoms with van der Waals surface area (Å²) in [5.74, 6) is -0.545. The van der Waals surface area contributed by atoms with Crippen LogP contribution in [0.2, 0.25) is 0 Å². The summed E-state index contributed by atoms with van der Waals surface area (Å²) >= 11 is 1.91. The van der Waals surface area contributed by atoms with Crippen LogP contribution in [0.5, 0.6) is 0 Å². The highest BCUT2D eigenvalue weighted by Crippen LogP contribution is 2.26. The summed E-state index contributed by atoms with van der Waals surface area (Å²) in [7, 11) is 0. The van der Waals surface area contributed by atoms with E-state index in [1.54, 1.807) is 12.1 Å². The average Bonchev–Trinajstić information content (AvgIpc) is 2.40. The van der Waals surface area contributed by atoms with E-state index in [1.807, 2.05) is 22.6 Å². The van der Waals surface area contributed by atoms with Gasteiger partial charge in [0.05, 0.1) is 0 Å². The molecule has 2 rings (SSSR count). The zero-order valence-electron chi connectivity index (χ0n) is 11.3. The van der Waals surface area contributed by atoms with Crippen LogP contribution in [0.25, 0.3) is 0 Å². The maximum Gasteiger partial charge on any atom is 0.251 e. The third-order valence-corrected chi connectivity index (χ3v) is 4.54. The van der Waals surface area contributed by atoms with E-state index in [0.29, 0.717) is 15.7 Å². The second-order valence-corrected chi connectivity index (χ2v) is 6.53. The van der Waals surface area contributed by atoms with Gasteiger partial charge in [-0.15, -0.1) is 12.4 Å². The molecule has 1 aromatic carbocycles. The quantitative estimate of drug-likeness (QED) is 0.750. The van der Waals surface area contributed by atoms with E-state index < -0.39 is 0 Å². The summed E-state index contributed by atoms with van der Waals surface area (Å²) in [6.45, 7) is 4.80. The summed E-state index contributed by atoms with van der Waals surface area (Å²) in [6, 6.07) is 4.57. The highest BCUT2D eigenvalue weighted by molar-refractivity contribution is 14.1. The summed E-state index contributed by atoms with van der Waals surface area (Å²) in [4.78, 5) is 12.0. The number of piperidine rings is 1. The molecule has 1 amide bonds. The van der Waals surface area contributed by atoms with E-state index in [0.717, 1.165) is 25.9 Å². The Morgan fingerprint density at radius 1 is 1.45 bits per heavy atom. The third-order valence-electron chi connectivity index (χ3n) is 3.67. The van der Waals surface area contributed by atoms with Gasteiger partial charge in [0.15, 0.2) is 0 Å². The highest BCUT2D eigenvalue weighted by atomic mass is 127. The number of amides is 1. The van der Waals surface area contributed by atoms with Crippen LogP contribution in [0, 0.1) is 14.8 Å². The predicted octanol–water partition coefficient (Wildman–Crippen LogP) is 2.97. The molecule has 1 aliphatic heterocycles. The molecular formula is C14H19ClFIN2O. The molecule has 0 aliphatic carbocycles. The van der Waals surface area contributed by atoms with E-state index in [2.05, 4.69) is 17.6 Å². The summed E-state index contributed by atoms with van der Waals surface area (Å²) in [6.07, 6.45) is 2.10. The number of rotatable bonds is 3. The number of nitrogens with one attached hydrogen (secondary N) is 2. The molecule has 6 heteroatoms. The van der Waals surface area contributed by atoms with Gasteiger partial charge in [-0.1, -0.05) is 6.92 Å². The molecule has 3 nitrogen and oxygen atoms in total. The molecule has 0 saturated carbocycles. The molecular weight excluding hydrogens is 394 g/mol. The van der Waals surface area contributed by atoms with Gasteiger partial charge < -0.3 is 10.6 Å². The van der Waals surface area contributed by atoms with E-state index in [4.69, 9.17) is 0 Å². The van der Waals surface area contributed by atoms with Crippen LogP contribution < -0.4 is 10.6 Å². The van der Waals surface area contributed by atoms with E-state index in [-0.39, 0.29) is 29.5 Å². The van der Waals surface area contributed by atoms with Gasteiger partial charge in [-0.25, -0.2) is 4.39 Å². The lowest BCUT2D eigenvalue weighted by Crippen LogP contribution is -2.42. The Hall–Kier alpha value is -0.400. The van der Waals surface area contributed by atoms with Crippen molar-refractivity contribution in [2.75, 3.05) is 19.6 Å². The number of hydrogen-bond acceptors (Lipinski definition) is 2. The van der Waals surface area contributed by atoms with Crippen molar-refractivity contribution in [1.29, 1.82) is 0 Å². The maximum absolute atomic E-state index is 13.4. The van der Waals surface area contributed by atoms with Crippen molar-refractivity contribution in [1.82, 2.24) is 10.6 Å². The lowest BCUT2D eigenvalue weighted by Gasteiger charge is -2.34. The van der Waals surface area contributed by atoms with E-state index >= 15 is 0 Å². The van der Waals surface area contributed by atoms with Gasteiger partial charge in [-0.05, 0) is 72.1 Å². The third kappa shape index (κ3) is 4.56. The van der Waals surface area contributed by atoms with Crippen molar-refractivity contribution < 1.29 is 9.18 Å². The largest absolute Gasteiger partial charge is 0.351 e. The molecule has 0 unspecified atom stereocenters. The Bertz CT molecular complexity index is 478. The van der Waals surface area contributed by atoms with Gasteiger partial charge >= 0.3 is 0 Å². The molecule has 1 fully saturated rings. The van der Waals surface area contributed by atoms with Gasteiger partial charge in [-0.3, -0.25) is 4.79 Å². The highest BCUT2D eigenvalue weighted by Gasteiger charge is 2.27. The predicted molar refractivity (Wildman–Crippen MR) is 88.9 cm³/mol. The number of hydrogen-bond donors (Lipinski definition) is 2. The Morgan fingerprint density at radius 2 is 2.10 bits per heavy atom. The number of halogens is 3. The molecule has 0 atom stereocenters. The topological polar surface area (TPSA) is 41.1 Å². The first-order chi connectivity index (χ1) is 9.00. The van der Waals surface area contributed by atoms with Crippen LogP contribution in [-0.2, 0) is 0 Å². The first-order valence-electron chi connectivity index (χ1n) is 6.44. The van der Waals surface area contributed by atoms with Crippen molar-refractivity contribution in [3.05, 3.63) is 33.1 Å². The van der Waals surface area contributed by atoms with E-state index in [9.17, 15) is 9.18 Å². The zero-order chi connectivity index (χ0) is 13.9. The van der Waals surface area contributed by atoms with Crippen molar-refractivity contribution in [3.63, 3.8) is 0 Å². The molecule has 2 N–H and O–H groups in total. The fraction of sp³-hybridized carbons (Fsp3) is 0.500. The fourth-order valence-corrected chi connectivity index (χ4v) is 2.58. The minimum Gasteiger partial charge on any atom is -0.351 e. The molecule has 1 aliphatic rings. The molecule has 20 heavy (non-hydrogen) atoms. The smallest absolute Gasteiger partial charge is 0.251 e. The van der Waals surface area contributed by atoms with Gasteiger partial charge in [0.1, 0.15) is 5.82 Å². The van der Waals surface area contributed by atoms with Crippen molar-refractivity contribution in [3.8, 4) is 0 Å². The summed E-state index contributed by atoms with van der Waals surface area (Å²) < 4.78 is 13.9. The molecule has 1 heterocycles. The molecule has 1 saturated heterocycles. The van der Waals surface area contributed by atoms with Gasteiger partial charge in [0.25, 0.3) is 5.91 Å². The van der Waals surface area contributed by atoms with Gasteiger partial charge in [-0.2, -0.15) is 0 Å². The van der Waals surface area contributed by atoms with E-state index in [1.165, 1.54) is 6.07 Å². The Kier molecular flexibility index (Phi) is 6.68. The number of carbonyl (C=O) groups is 1. The molecule has 1 aromatic rings. The van der Waals surface area contributed by atoms with Gasteiger partial charge in [0.2, 0.25) is 0 Å². The van der Waals surface area contributed by atoms with Crippen molar-refractivity contribution in [2.45, 2.75) is 19.8 Å². The molecule has 112 valence electrons. The standard InChI is InChI=1S/C14H18FIN2O.ClH/c1-14(4-6-17-7-5-14)9-18-13(19)10-2-3-12(16)11(15)8-10;/h2-3,8,17H,4-7,9H2,1H3,(H,18,19);1H. The van der Waals surface area contributed by atoms with Crippen LogP contribution in [-0.4, -0.2) is 25.5 Å². The van der Waals surface area contributed by atoms with Gasteiger partial charge in [0, 0.05) is 15.7 Å². The monoisotopic (exact) mass is 412 g/mol. The van der Waals surface area contributed by atoms with Crippen LogP contribution in [0.3, 0.4) is 0 Å². The van der Waals surface area contributed by atoms with Crippen molar-refractivity contribution >= 4 is 40.9 Å². The fourth-order valence-electron chi connectivity index (χ4n) is 2.24. The normalized spacial score (nSPS) is 17.1. The first kappa shape index (κ1) is 17.7. The van der Waals surface area contributed by atoms with Crippen LogP contribution >= 0.6 is 35.0 Å². The molecule has 0 spiro atoms. The average molecular weight is 413 g/mol. The van der Waals surface area contributed by atoms with Crippen LogP contribution in [0.4, 0.5) is 4.39 Å². The minimum atomic E-state index is -0.346. The second-order valence-electron chi connectivity index (χ2n) is 5.37. The Balaban J connectivity index is 0.00000200. The lowest BCUT2D eigenvalue weighted by atomic mass is 9.81. The molecule has 0 radical (unpaired) electrons. The number of benzene rings is 1. The molecule has 0 bridgehead atoms. The molecule has 0 aromatic heterocycles. The number of carbonyl (C=O) groups excluding carboxylic acids is 1. The first-order valence-corrected chi connectivity index (χ1v) is 7.52. The SMILES string of the molecule is CC1(CNC(=O)c2ccc(I)c(F)c2)CCNCC1.Cl. The Morgan fingerprint density at radius 3 is 2.70 bits per heavy atom. The lowest BCUT2D eigenvalue weighted by molar-refractivity contribution is 0.0922. The summed E-state index contributed by atoms with van der Waals surface area (Å²) in [5.41, 5.74) is 0.526. The maximum atomic E-state index is 13.4. The van der Waals surface area contributed by atoms with Crippen LogP contribution in [0.15, 0.2) is 18.2 Å². The minimum absolute atomic E-state index is 0. The Labute approximate surface area is 138 Å². The zero-order valence-corrected chi connectivity index (χ0v) is 14.3. The second kappa shape index (κ2) is 7.56. The van der Waals surface area contributed by atoms with Crippen molar-refractivity contribution in [2.24, 2.45) is 5.41 Å². The van der Waals surface area contributed by atoms with Crippen LogP contribution in [0.1, 0.15) is 30.1 Å².